The van der Waals surface area contributed by atoms with E-state index >= 15 is 0 Å². The zero-order chi connectivity index (χ0) is 11.5. The highest BCUT2D eigenvalue weighted by Gasteiger charge is 2.17. The van der Waals surface area contributed by atoms with Crippen LogP contribution in [-0.2, 0) is 6.54 Å². The molecule has 0 saturated heterocycles. The summed E-state index contributed by atoms with van der Waals surface area (Å²) in [6, 6.07) is 1.96. The summed E-state index contributed by atoms with van der Waals surface area (Å²) < 4.78 is 1.92. The van der Waals surface area contributed by atoms with Crippen LogP contribution in [0.2, 0.25) is 0 Å². The van der Waals surface area contributed by atoms with Gasteiger partial charge >= 0.3 is 0 Å². The van der Waals surface area contributed by atoms with Gasteiger partial charge in [-0.2, -0.15) is 0 Å². The van der Waals surface area contributed by atoms with Crippen LogP contribution in [0, 0.1) is 6.92 Å². The number of nitrogens with zero attached hydrogens (tertiary/aromatic N) is 2. The average molecular weight is 234 g/mol. The lowest BCUT2D eigenvalue weighted by Gasteiger charge is -2.04. The maximum absolute atomic E-state index is 12.2. The molecule has 0 spiro atoms. The molecule has 84 valence electrons. The molecule has 0 aromatic carbocycles. The van der Waals surface area contributed by atoms with Crippen LogP contribution in [0.15, 0.2) is 23.8 Å². The third kappa shape index (κ3) is 1.93. The smallest absolute Gasteiger partial charge is 0.238 e. The highest BCUT2D eigenvalue weighted by Crippen LogP contribution is 2.19. The number of ketones is 1. The van der Waals surface area contributed by atoms with Gasteiger partial charge in [0.1, 0.15) is 0 Å². The van der Waals surface area contributed by atoms with Crippen LogP contribution in [0.4, 0.5) is 0 Å². The van der Waals surface area contributed by atoms with E-state index in [2.05, 4.69) is 11.9 Å². The van der Waals surface area contributed by atoms with Crippen LogP contribution < -0.4 is 0 Å². The second-order valence-electron chi connectivity index (χ2n) is 3.71. The first-order chi connectivity index (χ1) is 7.74. The van der Waals surface area contributed by atoms with E-state index in [-0.39, 0.29) is 5.78 Å². The van der Waals surface area contributed by atoms with Crippen LogP contribution >= 0.6 is 11.3 Å². The minimum atomic E-state index is 0.0333. The number of carbonyl (C=O) groups is 1. The topological polar surface area (TPSA) is 34.9 Å². The minimum Gasteiger partial charge on any atom is -0.328 e. The van der Waals surface area contributed by atoms with E-state index in [1.165, 1.54) is 11.3 Å². The van der Waals surface area contributed by atoms with Crippen molar-refractivity contribution in [2.24, 2.45) is 0 Å². The first kappa shape index (κ1) is 11.1. The average Bonchev–Trinajstić information content (AvgIpc) is 2.87. The van der Waals surface area contributed by atoms with Gasteiger partial charge < -0.3 is 4.57 Å². The van der Waals surface area contributed by atoms with Crippen molar-refractivity contribution in [3.05, 3.63) is 40.1 Å². The lowest BCUT2D eigenvalue weighted by atomic mass is 10.2. The van der Waals surface area contributed by atoms with Crippen LogP contribution in [-0.4, -0.2) is 15.3 Å². The maximum Gasteiger partial charge on any atom is 0.238 e. The standard InChI is InChI=1S/C12H14N2OS/c1-3-6-14-7-5-13-12(14)10(15)11-9(2)4-8-16-11/h4-5,7-8H,3,6H2,1-2H3. The van der Waals surface area contributed by atoms with E-state index in [1.807, 2.05) is 29.1 Å². The zero-order valence-corrected chi connectivity index (χ0v) is 10.3. The molecule has 0 aliphatic heterocycles. The van der Waals surface area contributed by atoms with Crippen molar-refractivity contribution in [1.29, 1.82) is 0 Å². The van der Waals surface area contributed by atoms with Crippen LogP contribution in [0.5, 0.6) is 0 Å². The largest absolute Gasteiger partial charge is 0.328 e. The first-order valence-electron chi connectivity index (χ1n) is 5.34. The fourth-order valence-electron chi connectivity index (χ4n) is 1.65. The Labute approximate surface area is 98.8 Å². The van der Waals surface area contributed by atoms with E-state index in [0.29, 0.717) is 5.82 Å². The van der Waals surface area contributed by atoms with Gasteiger partial charge in [-0.3, -0.25) is 4.79 Å². The van der Waals surface area contributed by atoms with Gasteiger partial charge in [0.2, 0.25) is 5.78 Å². The number of rotatable bonds is 4. The highest BCUT2D eigenvalue weighted by molar-refractivity contribution is 7.12. The molecule has 2 rings (SSSR count). The molecule has 2 heterocycles. The summed E-state index contributed by atoms with van der Waals surface area (Å²) in [7, 11) is 0. The predicted octanol–water partition coefficient (Wildman–Crippen LogP) is 2.89. The quantitative estimate of drug-likeness (QED) is 0.762. The van der Waals surface area contributed by atoms with Gasteiger partial charge in [0.15, 0.2) is 5.82 Å². The molecular weight excluding hydrogens is 220 g/mol. The van der Waals surface area contributed by atoms with Crippen molar-refractivity contribution in [1.82, 2.24) is 9.55 Å². The second kappa shape index (κ2) is 4.61. The normalized spacial score (nSPS) is 10.6. The summed E-state index contributed by atoms with van der Waals surface area (Å²) in [5, 5.41) is 1.94. The monoisotopic (exact) mass is 234 g/mol. The number of thiophene rings is 1. The van der Waals surface area contributed by atoms with Crippen LogP contribution in [0.3, 0.4) is 0 Å². The lowest BCUT2D eigenvalue weighted by Crippen LogP contribution is -2.10. The van der Waals surface area contributed by atoms with Gasteiger partial charge in [-0.1, -0.05) is 6.92 Å². The number of hydrogen-bond donors (Lipinski definition) is 0. The van der Waals surface area contributed by atoms with Gasteiger partial charge in [0.25, 0.3) is 0 Å². The second-order valence-corrected chi connectivity index (χ2v) is 4.62. The Hall–Kier alpha value is -1.42. The molecule has 0 bridgehead atoms. The number of carbonyl (C=O) groups excluding carboxylic acids is 1. The molecule has 0 atom stereocenters. The molecule has 0 amide bonds. The van der Waals surface area contributed by atoms with E-state index in [0.717, 1.165) is 23.4 Å². The summed E-state index contributed by atoms with van der Waals surface area (Å²) in [6.45, 7) is 4.88. The van der Waals surface area contributed by atoms with Crippen molar-refractivity contribution in [2.75, 3.05) is 0 Å². The summed E-state index contributed by atoms with van der Waals surface area (Å²) >= 11 is 1.48. The highest BCUT2D eigenvalue weighted by atomic mass is 32.1. The van der Waals surface area contributed by atoms with E-state index in [9.17, 15) is 4.79 Å². The molecule has 0 aliphatic rings. The molecule has 2 aromatic heterocycles. The Morgan fingerprint density at radius 3 is 3.00 bits per heavy atom. The van der Waals surface area contributed by atoms with Crippen LogP contribution in [0.25, 0.3) is 0 Å². The molecule has 0 fully saturated rings. The first-order valence-corrected chi connectivity index (χ1v) is 6.22. The van der Waals surface area contributed by atoms with E-state index in [1.54, 1.807) is 6.20 Å². The number of hydrogen-bond acceptors (Lipinski definition) is 3. The summed E-state index contributed by atoms with van der Waals surface area (Å²) in [4.78, 5) is 17.2. The summed E-state index contributed by atoms with van der Waals surface area (Å²) in [5.41, 5.74) is 1.03. The zero-order valence-electron chi connectivity index (χ0n) is 9.43. The fourth-order valence-corrected chi connectivity index (χ4v) is 2.51. The van der Waals surface area contributed by atoms with Crippen molar-refractivity contribution in [3.8, 4) is 0 Å². The minimum absolute atomic E-state index is 0.0333. The van der Waals surface area contributed by atoms with Gasteiger partial charge in [-0.05, 0) is 30.4 Å². The Balaban J connectivity index is 2.34. The molecule has 0 aliphatic carbocycles. The number of imidazole rings is 1. The van der Waals surface area contributed by atoms with E-state index in [4.69, 9.17) is 0 Å². The third-order valence-electron chi connectivity index (χ3n) is 2.45. The molecule has 4 heteroatoms. The van der Waals surface area contributed by atoms with Gasteiger partial charge in [0, 0.05) is 18.9 Å². The lowest BCUT2D eigenvalue weighted by molar-refractivity contribution is 0.102. The summed E-state index contributed by atoms with van der Waals surface area (Å²) in [5.74, 6) is 0.582. The van der Waals surface area contributed by atoms with Crippen LogP contribution in [0.1, 0.15) is 34.4 Å². The molecule has 0 saturated carbocycles. The van der Waals surface area contributed by atoms with Crippen molar-refractivity contribution < 1.29 is 4.79 Å². The molecular formula is C12H14N2OS. The van der Waals surface area contributed by atoms with Gasteiger partial charge in [-0.15, -0.1) is 11.3 Å². The molecule has 0 unspecified atom stereocenters. The molecule has 2 aromatic rings. The maximum atomic E-state index is 12.2. The van der Waals surface area contributed by atoms with Crippen molar-refractivity contribution in [3.63, 3.8) is 0 Å². The number of aryl methyl sites for hydroxylation is 2. The third-order valence-corrected chi connectivity index (χ3v) is 3.47. The Bertz CT molecular complexity index is 499. The Morgan fingerprint density at radius 2 is 2.38 bits per heavy atom. The van der Waals surface area contributed by atoms with E-state index < -0.39 is 0 Å². The van der Waals surface area contributed by atoms with Gasteiger partial charge in [0.05, 0.1) is 4.88 Å². The molecule has 16 heavy (non-hydrogen) atoms. The Morgan fingerprint density at radius 1 is 1.56 bits per heavy atom. The SMILES string of the molecule is CCCn1ccnc1C(=O)c1sccc1C. The number of aromatic nitrogens is 2. The van der Waals surface area contributed by atoms with Crippen molar-refractivity contribution >= 4 is 17.1 Å². The Kier molecular flexibility index (Phi) is 3.19. The molecule has 3 nitrogen and oxygen atoms in total. The summed E-state index contributed by atoms with van der Waals surface area (Å²) in [6.07, 6.45) is 4.55. The fraction of sp³-hybridized carbons (Fsp3) is 0.333. The van der Waals surface area contributed by atoms with Crippen molar-refractivity contribution in [2.45, 2.75) is 26.8 Å². The van der Waals surface area contributed by atoms with Gasteiger partial charge in [-0.25, -0.2) is 4.98 Å². The molecule has 0 N–H and O–H groups in total. The predicted molar refractivity (Wildman–Crippen MR) is 65.0 cm³/mol. The molecule has 0 radical (unpaired) electrons.